The van der Waals surface area contributed by atoms with Crippen molar-refractivity contribution >= 4 is 39.1 Å². The summed E-state index contributed by atoms with van der Waals surface area (Å²) in [4.78, 5) is 12.0. The molecule has 2 aromatic rings. The summed E-state index contributed by atoms with van der Waals surface area (Å²) in [7, 11) is 0. The van der Waals surface area contributed by atoms with Gasteiger partial charge in [-0.2, -0.15) is 10.2 Å². The maximum Gasteiger partial charge on any atom is 0.287 e. The fraction of sp³-hybridized carbons (Fsp3) is 0.364. The molecule has 8 heteroatoms. The van der Waals surface area contributed by atoms with Gasteiger partial charge in [-0.3, -0.25) is 9.48 Å². The molecule has 0 radical (unpaired) electrons. The standard InChI is InChI=1S/C11H11BrCl2N4O/c1-3-17-8(9(12)6(2)16-17)5-18-11(19)10(14)7(13)4-15-18/h4H,3,5H2,1-2H3. The molecule has 19 heavy (non-hydrogen) atoms. The summed E-state index contributed by atoms with van der Waals surface area (Å²) in [5, 5.41) is 8.48. The van der Waals surface area contributed by atoms with Crippen LogP contribution in [0.1, 0.15) is 18.3 Å². The Hall–Kier alpha value is -0.850. The lowest BCUT2D eigenvalue weighted by molar-refractivity contribution is 0.558. The number of hydrogen-bond donors (Lipinski definition) is 0. The Labute approximate surface area is 128 Å². The summed E-state index contributed by atoms with van der Waals surface area (Å²) in [6.07, 6.45) is 1.36. The molecule has 0 atom stereocenters. The molecule has 2 rings (SSSR count). The van der Waals surface area contributed by atoms with Gasteiger partial charge < -0.3 is 0 Å². The summed E-state index contributed by atoms with van der Waals surface area (Å²) < 4.78 is 3.95. The zero-order valence-corrected chi connectivity index (χ0v) is 13.4. The smallest absolute Gasteiger partial charge is 0.267 e. The van der Waals surface area contributed by atoms with Crippen LogP contribution in [-0.4, -0.2) is 19.6 Å². The Morgan fingerprint density at radius 1 is 1.37 bits per heavy atom. The molecule has 0 aliphatic heterocycles. The summed E-state index contributed by atoms with van der Waals surface area (Å²) in [6.45, 7) is 4.86. The molecule has 0 aliphatic carbocycles. The van der Waals surface area contributed by atoms with Gasteiger partial charge in [0.25, 0.3) is 5.56 Å². The quantitative estimate of drug-likeness (QED) is 0.840. The van der Waals surface area contributed by atoms with Gasteiger partial charge >= 0.3 is 0 Å². The summed E-state index contributed by atoms with van der Waals surface area (Å²) >= 11 is 15.0. The van der Waals surface area contributed by atoms with E-state index in [1.54, 1.807) is 0 Å². The molecule has 0 spiro atoms. The molecule has 0 saturated carbocycles. The van der Waals surface area contributed by atoms with Gasteiger partial charge in [0.05, 0.1) is 33.6 Å². The van der Waals surface area contributed by atoms with Crippen LogP contribution >= 0.6 is 39.1 Å². The van der Waals surface area contributed by atoms with E-state index in [2.05, 4.69) is 26.1 Å². The Kier molecular flexibility index (Phi) is 4.32. The monoisotopic (exact) mass is 364 g/mol. The number of rotatable bonds is 3. The third-order valence-corrected chi connectivity index (χ3v) is 4.47. The first-order valence-corrected chi connectivity index (χ1v) is 7.13. The van der Waals surface area contributed by atoms with Crippen LogP contribution < -0.4 is 5.56 Å². The first-order valence-electron chi connectivity index (χ1n) is 5.58. The molecule has 0 aliphatic rings. The second-order valence-electron chi connectivity index (χ2n) is 3.93. The van der Waals surface area contributed by atoms with E-state index in [9.17, 15) is 4.79 Å². The number of nitrogens with zero attached hydrogens (tertiary/aromatic N) is 4. The zero-order chi connectivity index (χ0) is 14.2. The van der Waals surface area contributed by atoms with Crippen molar-refractivity contribution in [3.05, 3.63) is 42.5 Å². The van der Waals surface area contributed by atoms with E-state index < -0.39 is 5.56 Å². The van der Waals surface area contributed by atoms with Crippen LogP contribution in [0.2, 0.25) is 10.0 Å². The number of hydrogen-bond acceptors (Lipinski definition) is 3. The molecule has 5 nitrogen and oxygen atoms in total. The maximum absolute atomic E-state index is 12.0. The Bertz CT molecular complexity index is 680. The predicted octanol–water partition coefficient (Wildman–Crippen LogP) is 2.89. The summed E-state index contributed by atoms with van der Waals surface area (Å²) in [5.74, 6) is 0. The van der Waals surface area contributed by atoms with E-state index in [1.807, 2.05) is 18.5 Å². The van der Waals surface area contributed by atoms with Gasteiger partial charge in [-0.1, -0.05) is 23.2 Å². The third kappa shape index (κ3) is 2.70. The number of aromatic nitrogens is 4. The van der Waals surface area contributed by atoms with E-state index in [1.165, 1.54) is 10.9 Å². The second kappa shape index (κ2) is 5.64. The first kappa shape index (κ1) is 14.6. The third-order valence-electron chi connectivity index (χ3n) is 2.69. The Balaban J connectivity index is 2.48. The van der Waals surface area contributed by atoms with Crippen molar-refractivity contribution in [3.8, 4) is 0 Å². The molecule has 0 aromatic carbocycles. The van der Waals surface area contributed by atoms with Gasteiger partial charge in [0, 0.05) is 6.54 Å². The minimum Gasteiger partial charge on any atom is -0.267 e. The maximum atomic E-state index is 12.0. The van der Waals surface area contributed by atoms with Crippen LogP contribution in [0.25, 0.3) is 0 Å². The lowest BCUT2D eigenvalue weighted by Crippen LogP contribution is -2.25. The molecule has 0 amide bonds. The Morgan fingerprint density at radius 2 is 2.05 bits per heavy atom. The van der Waals surface area contributed by atoms with Crippen molar-refractivity contribution in [2.24, 2.45) is 0 Å². The highest BCUT2D eigenvalue weighted by Crippen LogP contribution is 2.22. The lowest BCUT2D eigenvalue weighted by Gasteiger charge is -2.08. The fourth-order valence-corrected chi connectivity index (χ4v) is 2.40. The van der Waals surface area contributed by atoms with E-state index in [4.69, 9.17) is 23.2 Å². The highest BCUT2D eigenvalue weighted by molar-refractivity contribution is 9.10. The highest BCUT2D eigenvalue weighted by Gasteiger charge is 2.15. The van der Waals surface area contributed by atoms with Crippen LogP contribution in [-0.2, 0) is 13.1 Å². The van der Waals surface area contributed by atoms with Crippen molar-refractivity contribution in [1.82, 2.24) is 19.6 Å². The second-order valence-corrected chi connectivity index (χ2v) is 5.51. The van der Waals surface area contributed by atoms with Crippen LogP contribution in [0.4, 0.5) is 0 Å². The molecule has 0 fully saturated rings. The molecular weight excluding hydrogens is 355 g/mol. The topological polar surface area (TPSA) is 52.7 Å². The summed E-state index contributed by atoms with van der Waals surface area (Å²) in [6, 6.07) is 0. The predicted molar refractivity (Wildman–Crippen MR) is 78.0 cm³/mol. The average molecular weight is 366 g/mol. The largest absolute Gasteiger partial charge is 0.287 e. The van der Waals surface area contributed by atoms with Crippen molar-refractivity contribution in [2.75, 3.05) is 0 Å². The van der Waals surface area contributed by atoms with Gasteiger partial charge in [-0.25, -0.2) is 4.68 Å². The number of aryl methyl sites for hydroxylation is 2. The SMILES string of the molecule is CCn1nc(C)c(Br)c1Cn1ncc(Cl)c(Cl)c1=O. The van der Waals surface area contributed by atoms with Gasteiger partial charge in [-0.05, 0) is 29.8 Å². The molecule has 2 aromatic heterocycles. The van der Waals surface area contributed by atoms with Crippen LogP contribution in [0.5, 0.6) is 0 Å². The highest BCUT2D eigenvalue weighted by atomic mass is 79.9. The van der Waals surface area contributed by atoms with Crippen LogP contribution in [0.3, 0.4) is 0 Å². The van der Waals surface area contributed by atoms with Crippen molar-refractivity contribution in [3.63, 3.8) is 0 Å². The molecular formula is C11H11BrCl2N4O. The molecule has 2 heterocycles. The van der Waals surface area contributed by atoms with Crippen molar-refractivity contribution in [2.45, 2.75) is 26.9 Å². The molecule has 0 unspecified atom stereocenters. The minimum atomic E-state index is -0.414. The molecule has 0 N–H and O–H groups in total. The first-order chi connectivity index (χ1) is 8.95. The van der Waals surface area contributed by atoms with Crippen LogP contribution in [0.15, 0.2) is 15.5 Å². The van der Waals surface area contributed by atoms with Gasteiger partial charge in [0.15, 0.2) is 0 Å². The van der Waals surface area contributed by atoms with Crippen molar-refractivity contribution in [1.29, 1.82) is 0 Å². The van der Waals surface area contributed by atoms with Crippen LogP contribution in [0, 0.1) is 6.92 Å². The Morgan fingerprint density at radius 3 is 2.68 bits per heavy atom. The molecule has 0 bridgehead atoms. The van der Waals surface area contributed by atoms with Gasteiger partial charge in [-0.15, -0.1) is 0 Å². The minimum absolute atomic E-state index is 0.0212. The molecule has 0 saturated heterocycles. The average Bonchev–Trinajstić information content (AvgIpc) is 2.66. The van der Waals surface area contributed by atoms with E-state index in [-0.39, 0.29) is 16.6 Å². The summed E-state index contributed by atoms with van der Waals surface area (Å²) in [5.41, 5.74) is 1.32. The van der Waals surface area contributed by atoms with Gasteiger partial charge in [0.1, 0.15) is 5.02 Å². The normalized spacial score (nSPS) is 11.0. The van der Waals surface area contributed by atoms with Gasteiger partial charge in [0.2, 0.25) is 0 Å². The van der Waals surface area contributed by atoms with Crippen molar-refractivity contribution < 1.29 is 0 Å². The van der Waals surface area contributed by atoms with E-state index in [0.717, 1.165) is 15.9 Å². The van der Waals surface area contributed by atoms with E-state index >= 15 is 0 Å². The van der Waals surface area contributed by atoms with E-state index in [0.29, 0.717) is 6.54 Å². The fourth-order valence-electron chi connectivity index (χ4n) is 1.72. The lowest BCUT2D eigenvalue weighted by atomic mass is 10.3. The zero-order valence-electron chi connectivity index (χ0n) is 10.3. The number of halogens is 3. The molecule has 102 valence electrons.